The van der Waals surface area contributed by atoms with E-state index in [-0.39, 0.29) is 10.8 Å². The monoisotopic (exact) mass is 160 g/mol. The topological polar surface area (TPSA) is 42.3 Å². The summed E-state index contributed by atoms with van der Waals surface area (Å²) in [6.45, 7) is 0. The van der Waals surface area contributed by atoms with Gasteiger partial charge < -0.3 is 0 Å². The lowest BCUT2D eigenvalue weighted by Gasteiger charge is -1.90. The zero-order chi connectivity index (χ0) is 7.56. The molecule has 0 atom stereocenters. The second kappa shape index (κ2) is 2.70. The van der Waals surface area contributed by atoms with Crippen molar-refractivity contribution in [3.05, 3.63) is 28.1 Å². The van der Waals surface area contributed by atoms with Gasteiger partial charge >= 0.3 is 0 Å². The smallest absolute Gasteiger partial charge is 0.164 e. The van der Waals surface area contributed by atoms with Crippen LogP contribution in [-0.4, -0.2) is 4.98 Å². The third-order valence-corrected chi connectivity index (χ3v) is 1.17. The quantitative estimate of drug-likeness (QED) is 0.467. The van der Waals surface area contributed by atoms with Crippen LogP contribution in [0.15, 0.2) is 17.4 Å². The number of hydrogen-bond donors (Lipinski definition) is 0. The molecule has 0 fully saturated rings. The van der Waals surface area contributed by atoms with Crippen molar-refractivity contribution in [1.29, 1.82) is 0 Å². The molecule has 3 nitrogen and oxygen atoms in total. The Morgan fingerprint density at radius 3 is 2.90 bits per heavy atom. The summed E-state index contributed by atoms with van der Waals surface area (Å²) in [6.07, 6.45) is 1.10. The van der Waals surface area contributed by atoms with Gasteiger partial charge in [-0.25, -0.2) is 9.37 Å². The zero-order valence-electron chi connectivity index (χ0n) is 4.71. The summed E-state index contributed by atoms with van der Waals surface area (Å²) >= 11 is 5.21. The molecule has 0 unspecified atom stereocenters. The largest absolute Gasteiger partial charge is 0.239 e. The van der Waals surface area contributed by atoms with E-state index in [2.05, 4.69) is 10.2 Å². The SMILES string of the molecule is O=Nc1cnc(Cl)c(F)c1. The molecule has 10 heavy (non-hydrogen) atoms. The van der Waals surface area contributed by atoms with Gasteiger partial charge in [-0.2, -0.15) is 0 Å². The molecule has 0 saturated carbocycles. The molecular formula is C5H2ClFN2O. The second-order valence-electron chi connectivity index (χ2n) is 1.56. The van der Waals surface area contributed by atoms with E-state index in [4.69, 9.17) is 11.6 Å². The lowest BCUT2D eigenvalue weighted by Crippen LogP contribution is -1.79. The summed E-state index contributed by atoms with van der Waals surface area (Å²) in [5, 5.41) is 2.20. The Morgan fingerprint density at radius 1 is 1.70 bits per heavy atom. The van der Waals surface area contributed by atoms with Gasteiger partial charge in [0, 0.05) is 6.07 Å². The Morgan fingerprint density at radius 2 is 2.40 bits per heavy atom. The Bertz CT molecular complexity index is 266. The number of pyridine rings is 1. The highest BCUT2D eigenvalue weighted by Crippen LogP contribution is 2.16. The Labute approximate surface area is 60.8 Å². The maximum absolute atomic E-state index is 12.4. The molecule has 1 aromatic rings. The van der Waals surface area contributed by atoms with Gasteiger partial charge in [-0.05, 0) is 5.18 Å². The lowest BCUT2D eigenvalue weighted by molar-refractivity contribution is 0.622. The highest BCUT2D eigenvalue weighted by molar-refractivity contribution is 6.29. The van der Waals surface area contributed by atoms with Crippen LogP contribution in [0.5, 0.6) is 0 Å². The Hall–Kier alpha value is -1.03. The first-order valence-corrected chi connectivity index (χ1v) is 2.76. The molecule has 0 saturated heterocycles. The number of aromatic nitrogens is 1. The molecule has 1 heterocycles. The van der Waals surface area contributed by atoms with Crippen molar-refractivity contribution in [2.24, 2.45) is 5.18 Å². The van der Waals surface area contributed by atoms with Crippen LogP contribution in [0.25, 0.3) is 0 Å². The summed E-state index contributed by atoms with van der Waals surface area (Å²) < 4.78 is 12.4. The van der Waals surface area contributed by atoms with Crippen molar-refractivity contribution in [1.82, 2.24) is 4.98 Å². The van der Waals surface area contributed by atoms with Gasteiger partial charge in [0.05, 0.1) is 6.20 Å². The van der Waals surface area contributed by atoms with E-state index in [9.17, 15) is 9.30 Å². The van der Waals surface area contributed by atoms with Gasteiger partial charge in [-0.3, -0.25) is 0 Å². The normalized spacial score (nSPS) is 9.40. The summed E-state index contributed by atoms with van der Waals surface area (Å²) in [4.78, 5) is 13.1. The predicted molar refractivity (Wildman–Crippen MR) is 34.7 cm³/mol. The molecule has 0 radical (unpaired) electrons. The lowest BCUT2D eigenvalue weighted by atomic mass is 10.4. The molecule has 52 valence electrons. The minimum atomic E-state index is -0.737. The highest BCUT2D eigenvalue weighted by atomic mass is 35.5. The van der Waals surface area contributed by atoms with Gasteiger partial charge in [0.2, 0.25) is 0 Å². The first kappa shape index (κ1) is 7.08. The fourth-order valence-corrected chi connectivity index (χ4v) is 0.564. The fourth-order valence-electron chi connectivity index (χ4n) is 0.461. The minimum Gasteiger partial charge on any atom is -0.239 e. The maximum atomic E-state index is 12.4. The van der Waals surface area contributed by atoms with Crippen LogP contribution in [0.4, 0.5) is 10.1 Å². The van der Waals surface area contributed by atoms with E-state index in [1.807, 2.05) is 0 Å². The van der Waals surface area contributed by atoms with Crippen LogP contribution in [0.2, 0.25) is 5.15 Å². The van der Waals surface area contributed by atoms with Crippen molar-refractivity contribution in [2.45, 2.75) is 0 Å². The van der Waals surface area contributed by atoms with Crippen molar-refractivity contribution in [3.8, 4) is 0 Å². The molecule has 0 bridgehead atoms. The highest BCUT2D eigenvalue weighted by Gasteiger charge is 2.00. The van der Waals surface area contributed by atoms with E-state index in [0.29, 0.717) is 0 Å². The Kier molecular flexibility index (Phi) is 1.91. The van der Waals surface area contributed by atoms with Gasteiger partial charge in [0.25, 0.3) is 0 Å². The molecular weight excluding hydrogens is 159 g/mol. The van der Waals surface area contributed by atoms with E-state index < -0.39 is 5.82 Å². The van der Waals surface area contributed by atoms with Crippen molar-refractivity contribution in [3.63, 3.8) is 0 Å². The molecule has 0 aliphatic heterocycles. The van der Waals surface area contributed by atoms with Gasteiger partial charge in [0.1, 0.15) is 5.69 Å². The third kappa shape index (κ3) is 1.27. The van der Waals surface area contributed by atoms with Gasteiger partial charge in [-0.15, -0.1) is 4.91 Å². The van der Waals surface area contributed by atoms with Gasteiger partial charge in [-0.1, -0.05) is 11.6 Å². The molecule has 5 heteroatoms. The molecule has 0 amide bonds. The summed E-state index contributed by atoms with van der Waals surface area (Å²) in [7, 11) is 0. The number of nitroso groups, excluding NO2 is 1. The van der Waals surface area contributed by atoms with E-state index >= 15 is 0 Å². The first-order valence-electron chi connectivity index (χ1n) is 2.38. The van der Waals surface area contributed by atoms with Crippen LogP contribution in [-0.2, 0) is 0 Å². The van der Waals surface area contributed by atoms with Crippen molar-refractivity contribution < 1.29 is 4.39 Å². The molecule has 0 spiro atoms. The molecule has 0 aromatic carbocycles. The maximum Gasteiger partial charge on any atom is 0.164 e. The fraction of sp³-hybridized carbons (Fsp3) is 0. The van der Waals surface area contributed by atoms with E-state index in [1.54, 1.807) is 0 Å². The van der Waals surface area contributed by atoms with Crippen LogP contribution in [0, 0.1) is 10.7 Å². The van der Waals surface area contributed by atoms with Crippen LogP contribution >= 0.6 is 11.6 Å². The molecule has 1 rings (SSSR count). The minimum absolute atomic E-state index is 0.0677. The van der Waals surface area contributed by atoms with Crippen LogP contribution in [0.3, 0.4) is 0 Å². The molecule has 0 aliphatic rings. The predicted octanol–water partition coefficient (Wildman–Crippen LogP) is 2.27. The first-order chi connectivity index (χ1) is 4.74. The Balaban J connectivity index is 3.16. The average Bonchev–Trinajstić information content (AvgIpc) is 1.95. The molecule has 0 aliphatic carbocycles. The number of rotatable bonds is 1. The molecule has 0 N–H and O–H groups in total. The number of hydrogen-bond acceptors (Lipinski definition) is 3. The van der Waals surface area contributed by atoms with E-state index in [1.165, 1.54) is 0 Å². The number of nitrogens with zero attached hydrogens (tertiary/aromatic N) is 2. The summed E-state index contributed by atoms with van der Waals surface area (Å²) in [5.41, 5.74) is -0.0677. The zero-order valence-corrected chi connectivity index (χ0v) is 5.47. The standard InChI is InChI=1S/C5H2ClFN2O/c6-5-4(7)1-3(9-10)2-8-5/h1-2H. The van der Waals surface area contributed by atoms with Crippen molar-refractivity contribution >= 4 is 17.3 Å². The van der Waals surface area contributed by atoms with Crippen molar-refractivity contribution in [2.75, 3.05) is 0 Å². The van der Waals surface area contributed by atoms with E-state index in [0.717, 1.165) is 12.3 Å². The average molecular weight is 161 g/mol. The summed E-state index contributed by atoms with van der Waals surface area (Å²) in [6, 6.07) is 0.919. The third-order valence-electron chi connectivity index (χ3n) is 0.887. The van der Waals surface area contributed by atoms with Gasteiger partial charge in [0.15, 0.2) is 11.0 Å². The van der Waals surface area contributed by atoms with Crippen LogP contribution < -0.4 is 0 Å². The number of halogens is 2. The summed E-state index contributed by atoms with van der Waals surface area (Å²) in [5.74, 6) is -0.737. The van der Waals surface area contributed by atoms with Crippen LogP contribution in [0.1, 0.15) is 0 Å². The second-order valence-corrected chi connectivity index (χ2v) is 1.92. The molecule has 1 aromatic heterocycles.